The molecular weight excluding hydrogens is 329 g/mol. The van der Waals surface area contributed by atoms with Crippen molar-refractivity contribution in [2.45, 2.75) is 32.4 Å². The third-order valence-electron chi connectivity index (χ3n) is 4.05. The Kier molecular flexibility index (Phi) is 5.11. The summed E-state index contributed by atoms with van der Waals surface area (Å²) in [6.07, 6.45) is 1.47. The molecule has 24 heavy (non-hydrogen) atoms. The van der Waals surface area contributed by atoms with Crippen LogP contribution in [0.15, 0.2) is 29.6 Å². The molecule has 1 amide bonds. The maximum absolute atomic E-state index is 13.1. The van der Waals surface area contributed by atoms with Crippen molar-refractivity contribution in [3.05, 3.63) is 41.2 Å². The van der Waals surface area contributed by atoms with Gasteiger partial charge >= 0.3 is 0 Å². The van der Waals surface area contributed by atoms with Gasteiger partial charge in [-0.1, -0.05) is 0 Å². The highest BCUT2D eigenvalue weighted by Gasteiger charge is 2.21. The van der Waals surface area contributed by atoms with Crippen LogP contribution < -0.4 is 9.80 Å². The first kappa shape index (κ1) is 16.9. The molecule has 1 N–H and O–H groups in total. The Morgan fingerprint density at radius 3 is 2.88 bits per heavy atom. The standard InChI is InChI=1S/C17H20FN3O2S/c1-12(22)21(15-6-4-13(18)5-7-15)9-14-11-24-17(19-14)20-8-2-3-16(23)10-20/h4-7,11,16,23H,2-3,8-10H2,1H3. The normalized spacial score (nSPS) is 17.8. The van der Waals surface area contributed by atoms with Gasteiger partial charge in [-0.05, 0) is 37.1 Å². The second-order valence-electron chi connectivity index (χ2n) is 5.95. The number of nitrogens with zero attached hydrogens (tertiary/aromatic N) is 3. The van der Waals surface area contributed by atoms with Gasteiger partial charge in [-0.2, -0.15) is 0 Å². The molecule has 0 aliphatic carbocycles. The zero-order chi connectivity index (χ0) is 17.1. The van der Waals surface area contributed by atoms with Crippen molar-refractivity contribution >= 4 is 28.1 Å². The number of rotatable bonds is 4. The van der Waals surface area contributed by atoms with Gasteiger partial charge in [0.25, 0.3) is 0 Å². The maximum atomic E-state index is 13.1. The van der Waals surface area contributed by atoms with E-state index in [2.05, 4.69) is 9.88 Å². The van der Waals surface area contributed by atoms with Gasteiger partial charge in [-0.15, -0.1) is 11.3 Å². The fourth-order valence-electron chi connectivity index (χ4n) is 2.81. The number of hydrogen-bond donors (Lipinski definition) is 1. The molecule has 1 aromatic heterocycles. The molecule has 2 aromatic rings. The number of β-amino-alcohol motifs (C(OH)–C–C–N with tert-alkyl or cyclic N) is 1. The van der Waals surface area contributed by atoms with E-state index < -0.39 is 0 Å². The van der Waals surface area contributed by atoms with Crippen molar-refractivity contribution in [3.63, 3.8) is 0 Å². The third kappa shape index (κ3) is 3.91. The van der Waals surface area contributed by atoms with E-state index in [0.717, 1.165) is 30.2 Å². The Balaban J connectivity index is 1.74. The number of amides is 1. The monoisotopic (exact) mass is 349 g/mol. The topological polar surface area (TPSA) is 56.7 Å². The first-order valence-corrected chi connectivity index (χ1v) is 8.82. The average molecular weight is 349 g/mol. The SMILES string of the molecule is CC(=O)N(Cc1csc(N2CCCC(O)C2)n1)c1ccc(F)cc1. The summed E-state index contributed by atoms with van der Waals surface area (Å²) in [6, 6.07) is 5.86. The highest BCUT2D eigenvalue weighted by molar-refractivity contribution is 7.13. The van der Waals surface area contributed by atoms with E-state index in [1.165, 1.54) is 30.4 Å². The number of anilines is 2. The summed E-state index contributed by atoms with van der Waals surface area (Å²) in [7, 11) is 0. The molecule has 1 unspecified atom stereocenters. The predicted molar refractivity (Wildman–Crippen MR) is 92.8 cm³/mol. The van der Waals surface area contributed by atoms with Crippen LogP contribution in [0.3, 0.4) is 0 Å². The van der Waals surface area contributed by atoms with Crippen LogP contribution in [0.25, 0.3) is 0 Å². The summed E-state index contributed by atoms with van der Waals surface area (Å²) >= 11 is 1.52. The molecule has 5 nitrogen and oxygen atoms in total. The third-order valence-corrected chi connectivity index (χ3v) is 5.00. The fraction of sp³-hybridized carbons (Fsp3) is 0.412. The Labute approximate surface area is 144 Å². The second-order valence-corrected chi connectivity index (χ2v) is 6.78. The molecule has 0 radical (unpaired) electrons. The minimum Gasteiger partial charge on any atom is -0.391 e. The van der Waals surface area contributed by atoms with Crippen molar-refractivity contribution < 1.29 is 14.3 Å². The summed E-state index contributed by atoms with van der Waals surface area (Å²) in [5.41, 5.74) is 1.43. The van der Waals surface area contributed by atoms with Gasteiger partial charge in [0.2, 0.25) is 5.91 Å². The Morgan fingerprint density at radius 1 is 1.46 bits per heavy atom. The molecule has 1 saturated heterocycles. The summed E-state index contributed by atoms with van der Waals surface area (Å²) < 4.78 is 13.1. The van der Waals surface area contributed by atoms with Crippen LogP contribution in [0.5, 0.6) is 0 Å². The van der Waals surface area contributed by atoms with Crippen LogP contribution >= 0.6 is 11.3 Å². The lowest BCUT2D eigenvalue weighted by molar-refractivity contribution is -0.116. The Morgan fingerprint density at radius 2 is 2.21 bits per heavy atom. The first-order valence-electron chi connectivity index (χ1n) is 7.94. The van der Waals surface area contributed by atoms with Gasteiger partial charge in [-0.3, -0.25) is 4.79 Å². The maximum Gasteiger partial charge on any atom is 0.224 e. The van der Waals surface area contributed by atoms with Crippen LogP contribution in [0, 0.1) is 5.82 Å². The van der Waals surface area contributed by atoms with Crippen LogP contribution in [-0.2, 0) is 11.3 Å². The van der Waals surface area contributed by atoms with E-state index in [4.69, 9.17) is 0 Å². The van der Waals surface area contributed by atoms with Crippen molar-refractivity contribution in [1.82, 2.24) is 4.98 Å². The lowest BCUT2D eigenvalue weighted by atomic mass is 10.1. The molecule has 3 rings (SSSR count). The summed E-state index contributed by atoms with van der Waals surface area (Å²) in [4.78, 5) is 20.2. The molecule has 2 heterocycles. The van der Waals surface area contributed by atoms with E-state index in [1.54, 1.807) is 17.0 Å². The summed E-state index contributed by atoms with van der Waals surface area (Å²) in [5, 5.41) is 12.6. The number of carbonyl (C=O) groups is 1. The van der Waals surface area contributed by atoms with Gasteiger partial charge in [0, 0.05) is 31.1 Å². The lowest BCUT2D eigenvalue weighted by Crippen LogP contribution is -2.38. The summed E-state index contributed by atoms with van der Waals surface area (Å²) in [5.74, 6) is -0.452. The Bertz CT molecular complexity index is 704. The van der Waals surface area contributed by atoms with Crippen LogP contribution in [0.2, 0.25) is 0 Å². The van der Waals surface area contributed by atoms with Gasteiger partial charge in [0.1, 0.15) is 5.82 Å². The Hall–Kier alpha value is -1.99. The summed E-state index contributed by atoms with van der Waals surface area (Å²) in [6.45, 7) is 3.31. The number of benzene rings is 1. The minimum atomic E-state index is -0.332. The zero-order valence-corrected chi connectivity index (χ0v) is 14.3. The quantitative estimate of drug-likeness (QED) is 0.922. The number of halogens is 1. The van der Waals surface area contributed by atoms with Gasteiger partial charge in [0.15, 0.2) is 5.13 Å². The van der Waals surface area contributed by atoms with Crippen LogP contribution in [0.4, 0.5) is 15.2 Å². The molecule has 128 valence electrons. The number of thiazole rings is 1. The first-order chi connectivity index (χ1) is 11.5. The number of aliphatic hydroxyl groups is 1. The molecule has 7 heteroatoms. The largest absolute Gasteiger partial charge is 0.391 e. The van der Waals surface area contributed by atoms with Crippen LogP contribution in [0.1, 0.15) is 25.5 Å². The van der Waals surface area contributed by atoms with E-state index in [9.17, 15) is 14.3 Å². The molecule has 0 bridgehead atoms. The molecule has 1 fully saturated rings. The van der Waals surface area contributed by atoms with E-state index >= 15 is 0 Å². The second kappa shape index (κ2) is 7.27. The molecule has 1 aliphatic rings. The van der Waals surface area contributed by atoms with Gasteiger partial charge in [-0.25, -0.2) is 9.37 Å². The highest BCUT2D eigenvalue weighted by atomic mass is 32.1. The van der Waals surface area contributed by atoms with Crippen molar-refractivity contribution in [1.29, 1.82) is 0 Å². The number of hydrogen-bond acceptors (Lipinski definition) is 5. The number of aromatic nitrogens is 1. The van der Waals surface area contributed by atoms with Gasteiger partial charge in [0.05, 0.1) is 18.3 Å². The average Bonchev–Trinajstić information content (AvgIpc) is 3.02. The molecule has 1 atom stereocenters. The van der Waals surface area contributed by atoms with Crippen LogP contribution in [-0.4, -0.2) is 35.2 Å². The molecule has 0 spiro atoms. The van der Waals surface area contributed by atoms with Gasteiger partial charge < -0.3 is 14.9 Å². The zero-order valence-electron chi connectivity index (χ0n) is 13.5. The van der Waals surface area contributed by atoms with E-state index in [-0.39, 0.29) is 17.8 Å². The van der Waals surface area contributed by atoms with E-state index in [0.29, 0.717) is 18.8 Å². The van der Waals surface area contributed by atoms with Crippen molar-refractivity contribution in [2.75, 3.05) is 22.9 Å². The molecular formula is C17H20FN3O2S. The smallest absolute Gasteiger partial charge is 0.224 e. The minimum absolute atomic E-state index is 0.121. The van der Waals surface area contributed by atoms with Crippen molar-refractivity contribution in [2.24, 2.45) is 0 Å². The van der Waals surface area contributed by atoms with Crippen molar-refractivity contribution in [3.8, 4) is 0 Å². The molecule has 0 saturated carbocycles. The molecule has 1 aliphatic heterocycles. The van der Waals surface area contributed by atoms with E-state index in [1.807, 2.05) is 5.38 Å². The number of piperidine rings is 1. The molecule has 1 aromatic carbocycles. The predicted octanol–water partition coefficient (Wildman–Crippen LogP) is 2.80. The number of carbonyl (C=O) groups excluding carboxylic acids is 1. The highest BCUT2D eigenvalue weighted by Crippen LogP contribution is 2.26. The number of aliphatic hydroxyl groups excluding tert-OH is 1. The fourth-order valence-corrected chi connectivity index (χ4v) is 3.66. The lowest BCUT2D eigenvalue weighted by Gasteiger charge is -2.29.